The van der Waals surface area contributed by atoms with Crippen LogP contribution >= 0.6 is 0 Å². The van der Waals surface area contributed by atoms with E-state index in [4.69, 9.17) is 0 Å². The fourth-order valence-electron chi connectivity index (χ4n) is 4.17. The van der Waals surface area contributed by atoms with Gasteiger partial charge in [-0.15, -0.1) is 0 Å². The molecular formula is C20H31+. The van der Waals surface area contributed by atoms with Gasteiger partial charge in [-0.3, -0.25) is 0 Å². The maximum Gasteiger partial charge on any atom is 0.0999 e. The van der Waals surface area contributed by atoms with E-state index in [0.717, 1.165) is 24.7 Å². The quantitative estimate of drug-likeness (QED) is 0.398. The van der Waals surface area contributed by atoms with Gasteiger partial charge in [0.2, 0.25) is 0 Å². The van der Waals surface area contributed by atoms with Gasteiger partial charge < -0.3 is 0 Å². The molecule has 0 bridgehead atoms. The molecule has 0 nitrogen and oxygen atoms in total. The van der Waals surface area contributed by atoms with Gasteiger partial charge in [-0.25, -0.2) is 0 Å². The van der Waals surface area contributed by atoms with Gasteiger partial charge in [-0.05, 0) is 57.8 Å². The molecular weight excluding hydrogens is 240 g/mol. The molecule has 0 aromatic carbocycles. The smallest absolute Gasteiger partial charge is 0.0998 e. The minimum Gasteiger partial charge on any atom is -0.0998 e. The number of hydrogen-bond donors (Lipinski definition) is 0. The highest BCUT2D eigenvalue weighted by Crippen LogP contribution is 2.46. The molecule has 0 N–H and O–H groups in total. The number of fused-ring (bicyclic) bond motifs is 1. The molecule has 0 unspecified atom stereocenters. The first-order chi connectivity index (χ1) is 9.49. The van der Waals surface area contributed by atoms with Crippen molar-refractivity contribution in [2.24, 2.45) is 23.7 Å². The lowest BCUT2D eigenvalue weighted by Crippen LogP contribution is -2.35. The SMILES string of the molecule is C=C1[CH+][C@@H]2[C@H](CC/C(C)=C/CC1)[C@@H](C)CC[C@H]2C(=C)C. The average molecular weight is 271 g/mol. The first-order valence-electron chi connectivity index (χ1n) is 8.32. The molecule has 0 spiro atoms. The van der Waals surface area contributed by atoms with Crippen molar-refractivity contribution in [3.8, 4) is 0 Å². The number of hydrogen-bond acceptors (Lipinski definition) is 0. The Balaban J connectivity index is 2.24. The predicted molar refractivity (Wildman–Crippen MR) is 89.3 cm³/mol. The van der Waals surface area contributed by atoms with Crippen LogP contribution in [0.4, 0.5) is 0 Å². The molecule has 0 amide bonds. The third kappa shape index (κ3) is 3.59. The summed E-state index contributed by atoms with van der Waals surface area (Å²) in [6.07, 6.45) is 12.5. The number of allylic oxidation sites excluding steroid dienone is 4. The minimum absolute atomic E-state index is 0.676. The second-order valence-electron chi connectivity index (χ2n) is 7.20. The summed E-state index contributed by atoms with van der Waals surface area (Å²) in [6.45, 7) is 15.5. The molecule has 0 aromatic rings. The van der Waals surface area contributed by atoms with Crippen molar-refractivity contribution < 1.29 is 0 Å². The summed E-state index contributed by atoms with van der Waals surface area (Å²) in [7, 11) is 0. The zero-order valence-corrected chi connectivity index (χ0v) is 13.6. The van der Waals surface area contributed by atoms with E-state index in [9.17, 15) is 0 Å². The molecule has 0 aliphatic heterocycles. The first-order valence-corrected chi connectivity index (χ1v) is 8.32. The van der Waals surface area contributed by atoms with Gasteiger partial charge >= 0.3 is 0 Å². The van der Waals surface area contributed by atoms with Gasteiger partial charge in [0.1, 0.15) is 0 Å². The highest BCUT2D eigenvalue weighted by molar-refractivity contribution is 5.19. The molecule has 4 atom stereocenters. The third-order valence-electron chi connectivity index (χ3n) is 5.51. The maximum absolute atomic E-state index is 4.31. The summed E-state index contributed by atoms with van der Waals surface area (Å²) in [5.41, 5.74) is 4.29. The Morgan fingerprint density at radius 1 is 1.25 bits per heavy atom. The fraction of sp³-hybridized carbons (Fsp3) is 0.650. The summed E-state index contributed by atoms with van der Waals surface area (Å²) in [5, 5.41) is 0. The Bertz CT molecular complexity index is 398. The first kappa shape index (κ1) is 15.5. The van der Waals surface area contributed by atoms with Crippen molar-refractivity contribution >= 4 is 0 Å². The van der Waals surface area contributed by atoms with Crippen LogP contribution in [0.2, 0.25) is 0 Å². The van der Waals surface area contributed by atoms with Crippen LogP contribution in [-0.4, -0.2) is 0 Å². The van der Waals surface area contributed by atoms with Crippen LogP contribution in [0.15, 0.2) is 36.0 Å². The Labute approximate surface area is 126 Å². The molecule has 2 aliphatic rings. The molecule has 0 heterocycles. The van der Waals surface area contributed by atoms with Gasteiger partial charge in [-0.1, -0.05) is 30.7 Å². The molecule has 110 valence electrons. The molecule has 0 radical (unpaired) electrons. The van der Waals surface area contributed by atoms with Crippen molar-refractivity contribution in [1.82, 2.24) is 0 Å². The van der Waals surface area contributed by atoms with Crippen LogP contribution in [0, 0.1) is 30.1 Å². The molecule has 2 rings (SSSR count). The predicted octanol–water partition coefficient (Wildman–Crippen LogP) is 6.12. The third-order valence-corrected chi connectivity index (χ3v) is 5.51. The Morgan fingerprint density at radius 2 is 2.00 bits per heavy atom. The molecule has 0 saturated heterocycles. The normalized spacial score (nSPS) is 38.1. The Morgan fingerprint density at radius 3 is 2.70 bits per heavy atom. The van der Waals surface area contributed by atoms with Gasteiger partial charge in [0.15, 0.2) is 0 Å². The van der Waals surface area contributed by atoms with E-state index in [1.807, 2.05) is 0 Å². The largest absolute Gasteiger partial charge is 0.0999 e. The molecule has 0 aromatic heterocycles. The fourth-order valence-corrected chi connectivity index (χ4v) is 4.17. The molecule has 2 aliphatic carbocycles. The minimum atomic E-state index is 0.676. The zero-order valence-electron chi connectivity index (χ0n) is 13.6. The highest BCUT2D eigenvalue weighted by atomic mass is 14.4. The van der Waals surface area contributed by atoms with E-state index in [0.29, 0.717) is 11.8 Å². The zero-order chi connectivity index (χ0) is 14.7. The summed E-state index contributed by atoms with van der Waals surface area (Å²) in [5.74, 6) is 3.00. The molecule has 20 heavy (non-hydrogen) atoms. The van der Waals surface area contributed by atoms with E-state index in [2.05, 4.69) is 46.4 Å². The lowest BCUT2D eigenvalue weighted by atomic mass is 9.62. The second kappa shape index (κ2) is 6.70. The van der Waals surface area contributed by atoms with Crippen molar-refractivity contribution in [2.45, 2.75) is 59.3 Å². The molecule has 1 saturated carbocycles. The molecule has 1 fully saturated rings. The summed E-state index contributed by atoms with van der Waals surface area (Å²) in [4.78, 5) is 0. The topological polar surface area (TPSA) is 0 Å². The summed E-state index contributed by atoms with van der Waals surface area (Å²) >= 11 is 0. The average Bonchev–Trinajstić information content (AvgIpc) is 2.37. The summed E-state index contributed by atoms with van der Waals surface area (Å²) in [6, 6.07) is 0. The number of rotatable bonds is 1. The van der Waals surface area contributed by atoms with Crippen LogP contribution in [0.3, 0.4) is 0 Å². The van der Waals surface area contributed by atoms with Crippen LogP contribution in [0.1, 0.15) is 59.3 Å². The standard InChI is InChI=1S/C20H31/c1-14(2)18-12-10-17(5)19-11-9-15(3)7-6-8-16(4)13-20(18)19/h7,13,17-20H,1,4,6,8-12H2,2-3,5H3/q+1/b15-7+/t17-,18-,19+,20-/m0/s1. The van der Waals surface area contributed by atoms with E-state index >= 15 is 0 Å². The van der Waals surface area contributed by atoms with Crippen molar-refractivity contribution in [3.63, 3.8) is 0 Å². The van der Waals surface area contributed by atoms with Crippen LogP contribution < -0.4 is 0 Å². The van der Waals surface area contributed by atoms with Crippen molar-refractivity contribution in [1.29, 1.82) is 0 Å². The molecule has 0 heteroatoms. The Hall–Kier alpha value is -0.910. The van der Waals surface area contributed by atoms with Crippen LogP contribution in [0.5, 0.6) is 0 Å². The van der Waals surface area contributed by atoms with Gasteiger partial charge in [-0.2, -0.15) is 0 Å². The highest BCUT2D eigenvalue weighted by Gasteiger charge is 2.40. The monoisotopic (exact) mass is 271 g/mol. The summed E-state index contributed by atoms with van der Waals surface area (Å²) < 4.78 is 0. The lowest BCUT2D eigenvalue weighted by molar-refractivity contribution is 0.134. The van der Waals surface area contributed by atoms with E-state index in [1.54, 1.807) is 5.57 Å². The Kier molecular flexibility index (Phi) is 5.18. The van der Waals surface area contributed by atoms with Gasteiger partial charge in [0.25, 0.3) is 0 Å². The van der Waals surface area contributed by atoms with Crippen LogP contribution in [-0.2, 0) is 0 Å². The van der Waals surface area contributed by atoms with Gasteiger partial charge in [0, 0.05) is 25.3 Å². The van der Waals surface area contributed by atoms with Gasteiger partial charge in [0.05, 0.1) is 11.5 Å². The second-order valence-corrected chi connectivity index (χ2v) is 7.20. The van der Waals surface area contributed by atoms with Crippen molar-refractivity contribution in [2.75, 3.05) is 0 Å². The lowest BCUT2D eigenvalue weighted by Gasteiger charge is -2.40. The van der Waals surface area contributed by atoms with E-state index < -0.39 is 0 Å². The van der Waals surface area contributed by atoms with E-state index in [1.165, 1.54) is 36.8 Å². The van der Waals surface area contributed by atoms with Crippen LogP contribution in [0.25, 0.3) is 0 Å². The van der Waals surface area contributed by atoms with Crippen molar-refractivity contribution in [3.05, 3.63) is 42.4 Å². The maximum atomic E-state index is 4.31. The van der Waals surface area contributed by atoms with E-state index in [-0.39, 0.29) is 0 Å².